The number of hydrogen-bond acceptors (Lipinski definition) is 3. The zero-order valence-electron chi connectivity index (χ0n) is 15.2. The number of benzene rings is 1. The lowest BCUT2D eigenvalue weighted by Crippen LogP contribution is -2.52. The molecule has 2 amide bonds. The van der Waals surface area contributed by atoms with Gasteiger partial charge in [0.25, 0.3) is 0 Å². The zero-order chi connectivity index (χ0) is 17.7. The maximum atomic E-state index is 12.2. The number of nitrogens with one attached hydrogen (secondary N) is 1. The normalized spacial score (nSPS) is 20.7. The van der Waals surface area contributed by atoms with Gasteiger partial charge in [-0.1, -0.05) is 30.3 Å². The molecule has 0 aliphatic carbocycles. The van der Waals surface area contributed by atoms with E-state index in [0.717, 1.165) is 51.0 Å². The minimum atomic E-state index is 0.0915. The fourth-order valence-corrected chi connectivity index (χ4v) is 4.04. The van der Waals surface area contributed by atoms with Crippen LogP contribution in [-0.4, -0.2) is 54.3 Å². The minimum absolute atomic E-state index is 0.0915. The lowest BCUT2D eigenvalue weighted by atomic mass is 9.72. The van der Waals surface area contributed by atoms with E-state index in [4.69, 9.17) is 0 Å². The van der Waals surface area contributed by atoms with Crippen LogP contribution >= 0.6 is 0 Å². The summed E-state index contributed by atoms with van der Waals surface area (Å²) in [6.45, 7) is 6.73. The van der Waals surface area contributed by atoms with Crippen molar-refractivity contribution in [2.24, 2.45) is 5.41 Å². The Balaban J connectivity index is 1.43. The van der Waals surface area contributed by atoms with E-state index in [1.165, 1.54) is 0 Å². The van der Waals surface area contributed by atoms with Gasteiger partial charge in [0.2, 0.25) is 11.8 Å². The monoisotopic (exact) mass is 343 g/mol. The fourth-order valence-electron chi connectivity index (χ4n) is 4.04. The fraction of sp³-hybridized carbons (Fsp3) is 0.600. The van der Waals surface area contributed by atoms with E-state index in [0.29, 0.717) is 25.4 Å². The second-order valence-electron chi connectivity index (χ2n) is 7.45. The van der Waals surface area contributed by atoms with Gasteiger partial charge in [-0.2, -0.15) is 0 Å². The highest BCUT2D eigenvalue weighted by Gasteiger charge is 2.40. The lowest BCUT2D eigenvalue weighted by Gasteiger charge is -2.47. The summed E-state index contributed by atoms with van der Waals surface area (Å²) in [5, 5.41) is 3.01. The molecule has 5 heteroatoms. The van der Waals surface area contributed by atoms with Crippen LogP contribution in [0, 0.1) is 5.41 Å². The maximum absolute atomic E-state index is 12.2. The summed E-state index contributed by atoms with van der Waals surface area (Å²) in [6.07, 6.45) is 3.87. The van der Waals surface area contributed by atoms with Crippen molar-refractivity contribution in [3.63, 3.8) is 0 Å². The highest BCUT2D eigenvalue weighted by Crippen LogP contribution is 2.40. The van der Waals surface area contributed by atoms with Gasteiger partial charge in [-0.3, -0.25) is 14.5 Å². The molecule has 3 rings (SSSR count). The molecule has 25 heavy (non-hydrogen) atoms. The van der Waals surface area contributed by atoms with Crippen molar-refractivity contribution < 1.29 is 9.59 Å². The standard InChI is InChI=1S/C20H29N3O2/c1-2-23-16-20(9-8-19(23)25)10-12-22(13-11-20)15-18(24)21-14-17-6-4-3-5-7-17/h3-7H,2,8-16H2,1H3,(H,21,24). The molecular weight excluding hydrogens is 314 g/mol. The number of amides is 2. The number of rotatable bonds is 5. The van der Waals surface area contributed by atoms with Crippen molar-refractivity contribution in [2.75, 3.05) is 32.7 Å². The lowest BCUT2D eigenvalue weighted by molar-refractivity contribution is -0.138. The maximum Gasteiger partial charge on any atom is 0.234 e. The predicted octanol–water partition coefficient (Wildman–Crippen LogP) is 2.03. The molecule has 2 aliphatic rings. The molecule has 2 saturated heterocycles. The van der Waals surface area contributed by atoms with E-state index in [-0.39, 0.29) is 11.3 Å². The molecule has 0 aromatic heterocycles. The van der Waals surface area contributed by atoms with Crippen molar-refractivity contribution >= 4 is 11.8 Å². The first kappa shape index (κ1) is 17.9. The molecule has 2 fully saturated rings. The summed E-state index contributed by atoms with van der Waals surface area (Å²) in [6, 6.07) is 10.00. The third kappa shape index (κ3) is 4.60. The van der Waals surface area contributed by atoms with Gasteiger partial charge < -0.3 is 10.2 Å². The number of hydrogen-bond donors (Lipinski definition) is 1. The summed E-state index contributed by atoms with van der Waals surface area (Å²) >= 11 is 0. The van der Waals surface area contributed by atoms with Gasteiger partial charge >= 0.3 is 0 Å². The number of carbonyl (C=O) groups is 2. The topological polar surface area (TPSA) is 52.7 Å². The third-order valence-corrected chi connectivity index (χ3v) is 5.75. The molecule has 0 bridgehead atoms. The van der Waals surface area contributed by atoms with Gasteiger partial charge in [-0.05, 0) is 50.3 Å². The number of likely N-dealkylation sites (tertiary alicyclic amines) is 2. The van der Waals surface area contributed by atoms with Crippen molar-refractivity contribution in [3.8, 4) is 0 Å². The van der Waals surface area contributed by atoms with Crippen LogP contribution in [0.25, 0.3) is 0 Å². The second-order valence-corrected chi connectivity index (χ2v) is 7.45. The summed E-state index contributed by atoms with van der Waals surface area (Å²) in [5.41, 5.74) is 1.40. The molecule has 2 aliphatic heterocycles. The van der Waals surface area contributed by atoms with Crippen LogP contribution in [0.5, 0.6) is 0 Å². The molecule has 1 aromatic rings. The van der Waals surface area contributed by atoms with E-state index in [1.54, 1.807) is 0 Å². The Morgan fingerprint density at radius 1 is 1.16 bits per heavy atom. The van der Waals surface area contributed by atoms with Gasteiger partial charge in [0.1, 0.15) is 0 Å². The molecule has 2 heterocycles. The van der Waals surface area contributed by atoms with E-state index in [9.17, 15) is 9.59 Å². The molecule has 1 spiro atoms. The van der Waals surface area contributed by atoms with Crippen molar-refractivity contribution in [2.45, 2.75) is 39.2 Å². The third-order valence-electron chi connectivity index (χ3n) is 5.75. The SMILES string of the molecule is CCN1CC2(CCC1=O)CCN(CC(=O)NCc1ccccc1)CC2. The molecule has 0 atom stereocenters. The number of carbonyl (C=O) groups excluding carboxylic acids is 2. The second kappa shape index (κ2) is 8.00. The predicted molar refractivity (Wildman–Crippen MR) is 97.9 cm³/mol. The van der Waals surface area contributed by atoms with Crippen LogP contribution in [0.3, 0.4) is 0 Å². The van der Waals surface area contributed by atoms with E-state index in [1.807, 2.05) is 35.2 Å². The number of nitrogens with zero attached hydrogens (tertiary/aromatic N) is 2. The Labute approximate surface area is 150 Å². The van der Waals surface area contributed by atoms with Gasteiger partial charge in [0, 0.05) is 26.1 Å². The summed E-state index contributed by atoms with van der Waals surface area (Å²) in [5.74, 6) is 0.393. The average molecular weight is 343 g/mol. The molecule has 5 nitrogen and oxygen atoms in total. The molecule has 1 N–H and O–H groups in total. The molecule has 1 aromatic carbocycles. The Kier molecular flexibility index (Phi) is 5.74. The van der Waals surface area contributed by atoms with E-state index < -0.39 is 0 Å². The summed E-state index contributed by atoms with van der Waals surface area (Å²) < 4.78 is 0. The highest BCUT2D eigenvalue weighted by molar-refractivity contribution is 5.78. The molecule has 0 saturated carbocycles. The quantitative estimate of drug-likeness (QED) is 0.890. The molecular formula is C20H29N3O2. The van der Waals surface area contributed by atoms with E-state index >= 15 is 0 Å². The number of piperidine rings is 2. The van der Waals surface area contributed by atoms with Crippen LogP contribution in [0.15, 0.2) is 30.3 Å². The zero-order valence-corrected chi connectivity index (χ0v) is 15.2. The summed E-state index contributed by atoms with van der Waals surface area (Å²) in [4.78, 5) is 28.4. The molecule has 136 valence electrons. The van der Waals surface area contributed by atoms with Crippen molar-refractivity contribution in [1.29, 1.82) is 0 Å². The van der Waals surface area contributed by atoms with Crippen LogP contribution < -0.4 is 5.32 Å². The first-order chi connectivity index (χ1) is 12.1. The van der Waals surface area contributed by atoms with Crippen LogP contribution in [-0.2, 0) is 16.1 Å². The first-order valence-corrected chi connectivity index (χ1v) is 9.41. The Morgan fingerprint density at radius 2 is 1.88 bits per heavy atom. The van der Waals surface area contributed by atoms with Crippen LogP contribution in [0.2, 0.25) is 0 Å². The summed E-state index contributed by atoms with van der Waals surface area (Å²) in [7, 11) is 0. The first-order valence-electron chi connectivity index (χ1n) is 9.41. The smallest absolute Gasteiger partial charge is 0.234 e. The Hall–Kier alpha value is -1.88. The highest BCUT2D eigenvalue weighted by atomic mass is 16.2. The Bertz CT molecular complexity index is 594. The Morgan fingerprint density at radius 3 is 2.56 bits per heavy atom. The van der Waals surface area contributed by atoms with Crippen molar-refractivity contribution in [3.05, 3.63) is 35.9 Å². The largest absolute Gasteiger partial charge is 0.351 e. The van der Waals surface area contributed by atoms with Gasteiger partial charge in [0.15, 0.2) is 0 Å². The van der Waals surface area contributed by atoms with Gasteiger partial charge in [-0.15, -0.1) is 0 Å². The van der Waals surface area contributed by atoms with Gasteiger partial charge in [0.05, 0.1) is 6.54 Å². The van der Waals surface area contributed by atoms with Crippen LogP contribution in [0.4, 0.5) is 0 Å². The molecule has 0 radical (unpaired) electrons. The van der Waals surface area contributed by atoms with E-state index in [2.05, 4.69) is 17.1 Å². The van der Waals surface area contributed by atoms with Crippen molar-refractivity contribution in [1.82, 2.24) is 15.1 Å². The minimum Gasteiger partial charge on any atom is -0.351 e. The average Bonchev–Trinajstić information content (AvgIpc) is 2.65. The van der Waals surface area contributed by atoms with Gasteiger partial charge in [-0.25, -0.2) is 0 Å². The van der Waals surface area contributed by atoms with Crippen LogP contribution in [0.1, 0.15) is 38.2 Å². The molecule has 0 unspecified atom stereocenters.